The van der Waals surface area contributed by atoms with Crippen LogP contribution < -0.4 is 10.1 Å². The van der Waals surface area contributed by atoms with Crippen molar-refractivity contribution < 1.29 is 19.4 Å². The van der Waals surface area contributed by atoms with Crippen molar-refractivity contribution in [2.24, 2.45) is 0 Å². The Morgan fingerprint density at radius 3 is 2.69 bits per heavy atom. The minimum atomic E-state index is -0.447. The minimum Gasteiger partial charge on any atom is -0.504 e. The Morgan fingerprint density at radius 1 is 1.25 bits per heavy atom. The molecule has 0 saturated heterocycles. The summed E-state index contributed by atoms with van der Waals surface area (Å²) in [6.07, 6.45) is 2.09. The van der Waals surface area contributed by atoms with E-state index in [1.165, 1.54) is 18.9 Å². The van der Waals surface area contributed by atoms with E-state index in [0.717, 1.165) is 27.7 Å². The third-order valence-corrected chi connectivity index (χ3v) is 6.36. The number of amides is 2. The van der Waals surface area contributed by atoms with E-state index in [1.807, 2.05) is 18.2 Å². The van der Waals surface area contributed by atoms with Gasteiger partial charge in [-0.3, -0.25) is 14.5 Å². The first-order chi connectivity index (χ1) is 15.3. The molecule has 1 atom stereocenters. The van der Waals surface area contributed by atoms with Gasteiger partial charge in [0.25, 0.3) is 5.91 Å². The van der Waals surface area contributed by atoms with E-state index in [-0.39, 0.29) is 30.2 Å². The number of carbonyl (C=O) groups is 2. The normalized spacial score (nSPS) is 17.6. The number of phenolic OH excluding ortho intramolecular Hbond substituents is 1. The van der Waals surface area contributed by atoms with E-state index in [9.17, 15) is 14.7 Å². The molecule has 0 bridgehead atoms. The number of aromatic nitrogens is 1. The van der Waals surface area contributed by atoms with Crippen LogP contribution in [0, 0.1) is 0 Å². The smallest absolute Gasteiger partial charge is 0.259 e. The molecule has 3 aromatic rings. The number of imide groups is 1. The van der Waals surface area contributed by atoms with Crippen LogP contribution in [0.15, 0.2) is 53.9 Å². The molecule has 3 heterocycles. The summed E-state index contributed by atoms with van der Waals surface area (Å²) in [5.74, 6) is -0.676. The molecule has 7 heteroatoms. The number of hydrogen-bond acceptors (Lipinski definition) is 5. The number of benzene rings is 2. The molecule has 7 nitrogen and oxygen atoms in total. The topological polar surface area (TPSA) is 83.8 Å². The van der Waals surface area contributed by atoms with Crippen LogP contribution in [0.4, 0.5) is 5.69 Å². The minimum absolute atomic E-state index is 0.00560. The molecular formula is C25H25N3O4. The first-order valence-corrected chi connectivity index (χ1v) is 10.6. The predicted octanol–water partition coefficient (Wildman–Crippen LogP) is 4.14. The average Bonchev–Trinajstić information content (AvgIpc) is 3.24. The maximum absolute atomic E-state index is 13.4. The molecule has 0 aliphatic carbocycles. The highest BCUT2D eigenvalue weighted by Gasteiger charge is 2.41. The van der Waals surface area contributed by atoms with Gasteiger partial charge in [0.05, 0.1) is 24.7 Å². The lowest BCUT2D eigenvalue weighted by Crippen LogP contribution is -2.33. The van der Waals surface area contributed by atoms with Crippen LogP contribution in [0.1, 0.15) is 43.9 Å². The van der Waals surface area contributed by atoms with Crippen molar-refractivity contribution in [3.63, 3.8) is 0 Å². The Balaban J connectivity index is 1.82. The second kappa shape index (κ2) is 7.15. The van der Waals surface area contributed by atoms with Crippen LogP contribution in [0.5, 0.6) is 11.5 Å². The molecular weight excluding hydrogens is 406 g/mol. The summed E-state index contributed by atoms with van der Waals surface area (Å²) in [7, 11) is 1.50. The van der Waals surface area contributed by atoms with Crippen LogP contribution in [0.2, 0.25) is 0 Å². The largest absolute Gasteiger partial charge is 0.504 e. The lowest BCUT2D eigenvalue weighted by atomic mass is 9.84. The van der Waals surface area contributed by atoms with Gasteiger partial charge in [-0.2, -0.15) is 0 Å². The number of anilines is 1. The van der Waals surface area contributed by atoms with Crippen molar-refractivity contribution in [1.82, 2.24) is 9.47 Å². The fourth-order valence-corrected chi connectivity index (χ4v) is 4.89. The molecule has 32 heavy (non-hydrogen) atoms. The Kier molecular flexibility index (Phi) is 4.51. The highest BCUT2D eigenvalue weighted by Crippen LogP contribution is 2.47. The van der Waals surface area contributed by atoms with Crippen LogP contribution >= 0.6 is 0 Å². The summed E-state index contributed by atoms with van der Waals surface area (Å²) in [5.41, 5.74) is 4.94. The summed E-state index contributed by atoms with van der Waals surface area (Å²) >= 11 is 0. The van der Waals surface area contributed by atoms with Crippen molar-refractivity contribution in [1.29, 1.82) is 0 Å². The van der Waals surface area contributed by atoms with Crippen molar-refractivity contribution in [3.8, 4) is 11.5 Å². The molecule has 0 fully saturated rings. The summed E-state index contributed by atoms with van der Waals surface area (Å²) in [6, 6.07) is 11.5. The van der Waals surface area contributed by atoms with Crippen LogP contribution in [0.25, 0.3) is 10.9 Å². The van der Waals surface area contributed by atoms with Crippen LogP contribution in [0.3, 0.4) is 0 Å². The molecule has 0 saturated carbocycles. The van der Waals surface area contributed by atoms with Gasteiger partial charge in [0.15, 0.2) is 11.5 Å². The molecule has 0 spiro atoms. The van der Waals surface area contributed by atoms with Crippen molar-refractivity contribution in [2.75, 3.05) is 19.0 Å². The lowest BCUT2D eigenvalue weighted by Gasteiger charge is -2.20. The highest BCUT2D eigenvalue weighted by atomic mass is 16.5. The predicted molar refractivity (Wildman–Crippen MR) is 122 cm³/mol. The average molecular weight is 431 g/mol. The number of hydrogen-bond donors (Lipinski definition) is 2. The van der Waals surface area contributed by atoms with Gasteiger partial charge in [-0.15, -0.1) is 0 Å². The van der Waals surface area contributed by atoms with Gasteiger partial charge in [-0.05, 0) is 49.2 Å². The Bertz CT molecular complexity index is 1320. The quantitative estimate of drug-likeness (QED) is 0.651. The van der Waals surface area contributed by atoms with E-state index < -0.39 is 5.92 Å². The molecule has 2 aliphatic rings. The van der Waals surface area contributed by atoms with Crippen molar-refractivity contribution in [3.05, 3.63) is 65.0 Å². The number of rotatable bonds is 3. The van der Waals surface area contributed by atoms with Gasteiger partial charge < -0.3 is 19.7 Å². The Hall–Kier alpha value is -3.74. The summed E-state index contributed by atoms with van der Waals surface area (Å²) in [4.78, 5) is 26.9. The summed E-state index contributed by atoms with van der Waals surface area (Å²) in [6.45, 7) is 5.84. The lowest BCUT2D eigenvalue weighted by molar-refractivity contribution is -0.139. The number of phenols is 1. The number of aromatic hydroxyl groups is 1. The van der Waals surface area contributed by atoms with Crippen molar-refractivity contribution in [2.45, 2.75) is 32.7 Å². The molecule has 0 radical (unpaired) electrons. The Labute approximate surface area is 185 Å². The molecule has 164 valence electrons. The number of nitrogens with one attached hydrogen (secondary N) is 1. The highest BCUT2D eigenvalue weighted by molar-refractivity contribution is 6.11. The van der Waals surface area contributed by atoms with Gasteiger partial charge >= 0.3 is 0 Å². The summed E-state index contributed by atoms with van der Waals surface area (Å²) in [5, 5.41) is 15.0. The first-order valence-electron chi connectivity index (χ1n) is 10.6. The van der Waals surface area contributed by atoms with Crippen LogP contribution in [-0.4, -0.2) is 40.0 Å². The zero-order valence-corrected chi connectivity index (χ0v) is 18.5. The Morgan fingerprint density at radius 2 is 2.03 bits per heavy atom. The van der Waals surface area contributed by atoms with E-state index in [1.54, 1.807) is 12.1 Å². The molecule has 2 N–H and O–H groups in total. The van der Waals surface area contributed by atoms with E-state index in [0.29, 0.717) is 17.0 Å². The fraction of sp³-hybridized carbons (Fsp3) is 0.280. The third-order valence-electron chi connectivity index (χ3n) is 6.36. The van der Waals surface area contributed by atoms with Gasteiger partial charge in [0.1, 0.15) is 0 Å². The second-order valence-corrected chi connectivity index (χ2v) is 8.58. The third kappa shape index (κ3) is 2.81. The van der Waals surface area contributed by atoms with Gasteiger partial charge in [0, 0.05) is 41.9 Å². The monoisotopic (exact) mass is 431 g/mol. The fourth-order valence-electron chi connectivity index (χ4n) is 4.89. The van der Waals surface area contributed by atoms with Crippen molar-refractivity contribution >= 4 is 28.4 Å². The van der Waals surface area contributed by atoms with Gasteiger partial charge in [-0.25, -0.2) is 0 Å². The number of nitrogens with zero attached hydrogens (tertiary/aromatic N) is 2. The zero-order valence-electron chi connectivity index (χ0n) is 18.5. The van der Waals surface area contributed by atoms with Crippen LogP contribution in [-0.2, 0) is 9.59 Å². The maximum Gasteiger partial charge on any atom is 0.259 e. The molecule has 1 unspecified atom stereocenters. The molecule has 2 aliphatic heterocycles. The maximum atomic E-state index is 13.4. The molecule has 5 rings (SSSR count). The number of methoxy groups -OCH3 is 1. The van der Waals surface area contributed by atoms with E-state index in [4.69, 9.17) is 4.74 Å². The zero-order chi connectivity index (χ0) is 22.7. The van der Waals surface area contributed by atoms with E-state index in [2.05, 4.69) is 36.0 Å². The SMILES string of the molecule is COc1ccc(C2C3=C(CN(C(C)=O)C3=O)Nc3cccc4c3c2cn4C(C)C)cc1O. The van der Waals surface area contributed by atoms with Gasteiger partial charge in [-0.1, -0.05) is 12.1 Å². The molecule has 2 amide bonds. The summed E-state index contributed by atoms with van der Waals surface area (Å²) < 4.78 is 7.41. The first kappa shape index (κ1) is 20.2. The molecule has 2 aromatic carbocycles. The van der Waals surface area contributed by atoms with Gasteiger partial charge in [0.2, 0.25) is 5.91 Å². The number of ether oxygens (including phenoxy) is 1. The molecule has 1 aromatic heterocycles. The standard InChI is InChI=1S/C25H25N3O4/c1-13(2)27-11-16-22(15-8-9-21(32-4)20(30)10-15)24-18(12-28(14(3)29)25(24)31)26-17-6-5-7-19(27)23(16)17/h5-11,13,22,26,30H,12H2,1-4H3. The number of carbonyl (C=O) groups excluding carboxylic acids is 2. The van der Waals surface area contributed by atoms with E-state index >= 15 is 0 Å². The second-order valence-electron chi connectivity index (χ2n) is 8.58.